The monoisotopic (exact) mass is 240 g/mol. The van der Waals surface area contributed by atoms with E-state index < -0.39 is 30.6 Å². The first-order valence-corrected chi connectivity index (χ1v) is 4.81. The summed E-state index contributed by atoms with van der Waals surface area (Å²) >= 11 is 0. The first-order chi connectivity index (χ1) is 7.90. The Morgan fingerprint density at radius 3 is 2.65 bits per heavy atom. The van der Waals surface area contributed by atoms with Gasteiger partial charge in [0.25, 0.3) is 0 Å². The Balaban J connectivity index is 2.35. The fourth-order valence-corrected chi connectivity index (χ4v) is 1.07. The van der Waals surface area contributed by atoms with Gasteiger partial charge in [-0.05, 0) is 6.92 Å². The quantitative estimate of drug-likeness (QED) is 0.404. The smallest absolute Gasteiger partial charge is 0.352 e. The van der Waals surface area contributed by atoms with Crippen molar-refractivity contribution in [1.29, 1.82) is 0 Å². The van der Waals surface area contributed by atoms with Crippen LogP contribution in [0.25, 0.3) is 0 Å². The molecule has 0 bridgehead atoms. The van der Waals surface area contributed by atoms with Crippen molar-refractivity contribution in [3.63, 3.8) is 0 Å². The Morgan fingerprint density at radius 2 is 2.18 bits per heavy atom. The average Bonchev–Trinajstić information content (AvgIpc) is 2.53. The molecule has 1 rings (SSSR count). The third-order valence-electron chi connectivity index (χ3n) is 1.86. The van der Waals surface area contributed by atoms with Gasteiger partial charge in [0.1, 0.15) is 5.76 Å². The zero-order chi connectivity index (χ0) is 13.0. The molecule has 0 aromatic rings. The number of carbonyl (C=O) groups is 3. The summed E-state index contributed by atoms with van der Waals surface area (Å²) in [6, 6.07) is 0. The van der Waals surface area contributed by atoms with Gasteiger partial charge in [-0.15, -0.1) is 0 Å². The Bertz CT molecular complexity index is 395. The fourth-order valence-electron chi connectivity index (χ4n) is 1.07. The van der Waals surface area contributed by atoms with Gasteiger partial charge in [-0.25, -0.2) is 14.4 Å². The summed E-state index contributed by atoms with van der Waals surface area (Å²) in [5.74, 6) is -1.95. The van der Waals surface area contributed by atoms with Crippen LogP contribution in [-0.2, 0) is 28.6 Å². The van der Waals surface area contributed by atoms with E-state index in [4.69, 9.17) is 4.74 Å². The van der Waals surface area contributed by atoms with Crippen molar-refractivity contribution in [2.45, 2.75) is 19.4 Å². The summed E-state index contributed by atoms with van der Waals surface area (Å²) in [6.45, 7) is 7.66. The molecule has 6 heteroatoms. The second-order valence-electron chi connectivity index (χ2n) is 3.50. The van der Waals surface area contributed by atoms with Crippen LogP contribution in [0.3, 0.4) is 0 Å². The summed E-state index contributed by atoms with van der Waals surface area (Å²) in [5, 5.41) is 0. The maximum Gasteiger partial charge on any atom is 0.352 e. The Hall–Kier alpha value is -2.11. The summed E-state index contributed by atoms with van der Waals surface area (Å²) in [5.41, 5.74) is 0.173. The lowest BCUT2D eigenvalue weighted by Crippen LogP contribution is -2.26. The molecule has 0 spiro atoms. The van der Waals surface area contributed by atoms with E-state index in [-0.39, 0.29) is 17.8 Å². The number of rotatable bonds is 4. The molecular weight excluding hydrogens is 228 g/mol. The summed E-state index contributed by atoms with van der Waals surface area (Å²) in [6.07, 6.45) is -0.877. The predicted octanol–water partition coefficient (Wildman–Crippen LogP) is 0.478. The van der Waals surface area contributed by atoms with E-state index in [1.807, 2.05) is 0 Å². The van der Waals surface area contributed by atoms with Gasteiger partial charge in [-0.2, -0.15) is 0 Å². The third-order valence-corrected chi connectivity index (χ3v) is 1.86. The number of hydrogen-bond acceptors (Lipinski definition) is 6. The summed E-state index contributed by atoms with van der Waals surface area (Å²) < 4.78 is 13.9. The van der Waals surface area contributed by atoms with Crippen LogP contribution < -0.4 is 0 Å². The highest BCUT2D eigenvalue weighted by Gasteiger charge is 2.33. The van der Waals surface area contributed by atoms with E-state index in [0.29, 0.717) is 0 Å². The molecule has 1 aliphatic rings. The lowest BCUT2D eigenvalue weighted by Gasteiger charge is -2.08. The molecule has 1 fully saturated rings. The second kappa shape index (κ2) is 5.29. The van der Waals surface area contributed by atoms with Crippen molar-refractivity contribution in [3.8, 4) is 0 Å². The lowest BCUT2D eigenvalue weighted by molar-refractivity contribution is -0.165. The van der Waals surface area contributed by atoms with E-state index in [1.54, 1.807) is 0 Å². The second-order valence-corrected chi connectivity index (χ2v) is 3.50. The number of cyclic esters (lactones) is 1. The lowest BCUT2D eigenvalue weighted by atomic mass is 10.3. The predicted molar refractivity (Wildman–Crippen MR) is 55.5 cm³/mol. The van der Waals surface area contributed by atoms with Crippen LogP contribution in [0.5, 0.6) is 0 Å². The van der Waals surface area contributed by atoms with Gasteiger partial charge < -0.3 is 14.2 Å². The van der Waals surface area contributed by atoms with Crippen molar-refractivity contribution in [3.05, 3.63) is 24.5 Å². The number of esters is 3. The highest BCUT2D eigenvalue weighted by molar-refractivity contribution is 5.89. The van der Waals surface area contributed by atoms with Crippen molar-refractivity contribution >= 4 is 17.9 Å². The molecule has 6 nitrogen and oxygen atoms in total. The van der Waals surface area contributed by atoms with Crippen molar-refractivity contribution in [2.75, 3.05) is 6.61 Å². The average molecular weight is 240 g/mol. The molecular formula is C11H12O6. The highest BCUT2D eigenvalue weighted by Crippen LogP contribution is 2.19. The van der Waals surface area contributed by atoms with Crippen LogP contribution in [0, 0.1) is 0 Å². The van der Waals surface area contributed by atoms with Crippen LogP contribution in [0.2, 0.25) is 0 Å². The maximum atomic E-state index is 11.2. The van der Waals surface area contributed by atoms with Gasteiger partial charge in [0.2, 0.25) is 6.10 Å². The van der Waals surface area contributed by atoms with Gasteiger partial charge in [-0.3, -0.25) is 0 Å². The van der Waals surface area contributed by atoms with Crippen LogP contribution in [0.1, 0.15) is 13.3 Å². The zero-order valence-corrected chi connectivity index (χ0v) is 9.36. The van der Waals surface area contributed by atoms with E-state index in [9.17, 15) is 14.4 Å². The minimum atomic E-state index is -1.00. The third kappa shape index (κ3) is 3.75. The number of hydrogen-bond donors (Lipinski definition) is 0. The molecule has 0 N–H and O–H groups in total. The van der Waals surface area contributed by atoms with Crippen LogP contribution in [0.15, 0.2) is 24.5 Å². The summed E-state index contributed by atoms with van der Waals surface area (Å²) in [4.78, 5) is 33.3. The van der Waals surface area contributed by atoms with Gasteiger partial charge in [0, 0.05) is 5.57 Å². The molecule has 1 atom stereocenters. The molecule has 1 saturated heterocycles. The van der Waals surface area contributed by atoms with E-state index in [2.05, 4.69) is 22.6 Å². The van der Waals surface area contributed by atoms with Crippen LogP contribution in [-0.4, -0.2) is 30.6 Å². The van der Waals surface area contributed by atoms with E-state index in [0.717, 1.165) is 0 Å². The molecule has 0 aliphatic carbocycles. The minimum Gasteiger partial charge on any atom is -0.450 e. The fraction of sp³-hybridized carbons (Fsp3) is 0.364. The van der Waals surface area contributed by atoms with E-state index in [1.165, 1.54) is 6.92 Å². The standard InChI is InChI=1S/C11H12O6/c1-6(2)10(13)15-5-9(12)17-8-4-7(3)16-11(8)14/h8H,1,3-5H2,2H3. The molecule has 0 aromatic heterocycles. The largest absolute Gasteiger partial charge is 0.450 e. The van der Waals surface area contributed by atoms with E-state index >= 15 is 0 Å². The SMILES string of the molecule is C=C1CC(OC(=O)COC(=O)C(=C)C)C(=O)O1. The molecule has 1 unspecified atom stereocenters. The van der Waals surface area contributed by atoms with Crippen LogP contribution in [0.4, 0.5) is 0 Å². The van der Waals surface area contributed by atoms with Gasteiger partial charge >= 0.3 is 17.9 Å². The zero-order valence-electron chi connectivity index (χ0n) is 9.36. The molecule has 0 radical (unpaired) electrons. The van der Waals surface area contributed by atoms with Crippen molar-refractivity contribution in [2.24, 2.45) is 0 Å². The Labute approximate surface area is 97.8 Å². The van der Waals surface area contributed by atoms with Crippen molar-refractivity contribution in [1.82, 2.24) is 0 Å². The highest BCUT2D eigenvalue weighted by atomic mass is 16.6. The first-order valence-electron chi connectivity index (χ1n) is 4.81. The van der Waals surface area contributed by atoms with Crippen molar-refractivity contribution < 1.29 is 28.6 Å². The Kier molecular flexibility index (Phi) is 4.03. The molecule has 92 valence electrons. The molecule has 17 heavy (non-hydrogen) atoms. The normalized spacial score (nSPS) is 18.5. The Morgan fingerprint density at radius 1 is 1.53 bits per heavy atom. The maximum absolute atomic E-state index is 11.2. The number of carbonyl (C=O) groups excluding carboxylic acids is 3. The van der Waals surface area contributed by atoms with Gasteiger partial charge in [0.15, 0.2) is 6.61 Å². The topological polar surface area (TPSA) is 78.9 Å². The molecule has 1 heterocycles. The van der Waals surface area contributed by atoms with Gasteiger partial charge in [-0.1, -0.05) is 13.2 Å². The van der Waals surface area contributed by atoms with Crippen LogP contribution >= 0.6 is 0 Å². The molecule has 0 aromatic carbocycles. The molecule has 0 saturated carbocycles. The number of ether oxygens (including phenoxy) is 3. The minimum absolute atomic E-state index is 0.124. The van der Waals surface area contributed by atoms with Gasteiger partial charge in [0.05, 0.1) is 6.42 Å². The molecule has 0 amide bonds. The first kappa shape index (κ1) is 13.0. The molecule has 1 aliphatic heterocycles. The summed E-state index contributed by atoms with van der Waals surface area (Å²) in [7, 11) is 0.